The number of methoxy groups -OCH3 is 1. The van der Waals surface area contributed by atoms with Crippen LogP contribution in [0.3, 0.4) is 0 Å². The summed E-state index contributed by atoms with van der Waals surface area (Å²) in [5.74, 6) is 5.78. The van der Waals surface area contributed by atoms with Gasteiger partial charge in [0.25, 0.3) is 0 Å². The Hall–Kier alpha value is -0.660. The summed E-state index contributed by atoms with van der Waals surface area (Å²) in [4.78, 5) is 0. The van der Waals surface area contributed by atoms with Crippen LogP contribution in [0.15, 0.2) is 0 Å². The summed E-state index contributed by atoms with van der Waals surface area (Å²) in [5, 5.41) is 5.04. The van der Waals surface area contributed by atoms with Gasteiger partial charge in [-0.15, -0.1) is 0 Å². The van der Waals surface area contributed by atoms with Crippen molar-refractivity contribution in [1.82, 2.24) is 15.2 Å². The molecule has 1 aromatic heterocycles. The van der Waals surface area contributed by atoms with Crippen LogP contribution in [0.1, 0.15) is 24.2 Å². The molecule has 0 amide bonds. The van der Waals surface area contributed by atoms with Crippen molar-refractivity contribution in [3.05, 3.63) is 16.4 Å². The first-order valence-electron chi connectivity index (χ1n) is 6.81. The van der Waals surface area contributed by atoms with Crippen molar-refractivity contribution < 1.29 is 9.47 Å². The zero-order chi connectivity index (χ0) is 14.8. The van der Waals surface area contributed by atoms with E-state index in [-0.39, 0.29) is 11.6 Å². The first kappa shape index (κ1) is 15.7. The molecule has 0 spiro atoms. The lowest BCUT2D eigenvalue weighted by molar-refractivity contribution is -0.110. The topological polar surface area (TPSA) is 74.3 Å². The number of nitrogens with one attached hydrogen (secondary N) is 1. The number of aryl methyl sites for hydroxylation is 2. The maximum Gasteiger partial charge on any atom is 0.0891 e. The maximum absolute atomic E-state index is 6.33. The lowest BCUT2D eigenvalue weighted by Gasteiger charge is -2.42. The van der Waals surface area contributed by atoms with Gasteiger partial charge in [-0.05, 0) is 6.92 Å². The molecule has 0 saturated carbocycles. The summed E-state index contributed by atoms with van der Waals surface area (Å²) in [6.07, 6.45) is 2.29. The standard InChI is InChI=1S/C13H23ClN4O2/c1-9-12(14)10(18(2)17-9)8-11(16-15)13(19-3)4-6-20-7-5-13/h11,16H,4-8,15H2,1-3H3. The van der Waals surface area contributed by atoms with Crippen LogP contribution in [0.4, 0.5) is 0 Å². The number of halogens is 1. The molecule has 114 valence electrons. The zero-order valence-electron chi connectivity index (χ0n) is 12.3. The van der Waals surface area contributed by atoms with E-state index < -0.39 is 0 Å². The molecule has 1 unspecified atom stereocenters. The normalized spacial score (nSPS) is 20.1. The summed E-state index contributed by atoms with van der Waals surface area (Å²) in [6, 6.07) is -0.0382. The lowest BCUT2D eigenvalue weighted by Crippen LogP contribution is -2.58. The van der Waals surface area contributed by atoms with Crippen molar-refractivity contribution in [2.24, 2.45) is 12.9 Å². The smallest absolute Gasteiger partial charge is 0.0891 e. The molecule has 1 aliphatic heterocycles. The minimum atomic E-state index is -0.325. The number of rotatable bonds is 5. The van der Waals surface area contributed by atoms with Crippen molar-refractivity contribution in [3.8, 4) is 0 Å². The van der Waals surface area contributed by atoms with Gasteiger partial charge in [0.05, 0.1) is 28.1 Å². The Morgan fingerprint density at radius 3 is 2.65 bits per heavy atom. The molecule has 0 bridgehead atoms. The van der Waals surface area contributed by atoms with Crippen LogP contribution in [0.5, 0.6) is 0 Å². The molecule has 1 fully saturated rings. The van der Waals surface area contributed by atoms with Gasteiger partial charge in [0.1, 0.15) is 0 Å². The van der Waals surface area contributed by atoms with Crippen molar-refractivity contribution in [3.63, 3.8) is 0 Å². The first-order valence-corrected chi connectivity index (χ1v) is 7.19. The second kappa shape index (κ2) is 6.41. The number of nitrogens with zero attached hydrogens (tertiary/aromatic N) is 2. The Balaban J connectivity index is 2.23. The van der Waals surface area contributed by atoms with Gasteiger partial charge < -0.3 is 9.47 Å². The summed E-state index contributed by atoms with van der Waals surface area (Å²) in [7, 11) is 3.62. The molecule has 3 N–H and O–H groups in total. The molecular weight excluding hydrogens is 280 g/mol. The third-order valence-corrected chi connectivity index (χ3v) is 4.73. The fourth-order valence-corrected chi connectivity index (χ4v) is 3.14. The average Bonchev–Trinajstić information content (AvgIpc) is 2.71. The van der Waals surface area contributed by atoms with Crippen molar-refractivity contribution >= 4 is 11.6 Å². The quantitative estimate of drug-likeness (QED) is 0.626. The Labute approximate surface area is 124 Å². The first-order chi connectivity index (χ1) is 9.54. The minimum Gasteiger partial charge on any atom is -0.381 e. The van der Waals surface area contributed by atoms with Crippen LogP contribution < -0.4 is 11.3 Å². The number of aromatic nitrogens is 2. The SMILES string of the molecule is COC1(C(Cc2c(Cl)c(C)nn2C)NN)CCOCC1. The molecule has 0 aliphatic carbocycles. The largest absolute Gasteiger partial charge is 0.381 e. The zero-order valence-corrected chi connectivity index (χ0v) is 13.0. The van der Waals surface area contributed by atoms with E-state index in [2.05, 4.69) is 10.5 Å². The van der Waals surface area contributed by atoms with E-state index >= 15 is 0 Å². The molecule has 20 heavy (non-hydrogen) atoms. The van der Waals surface area contributed by atoms with Gasteiger partial charge in [0, 0.05) is 46.6 Å². The number of hydrogen-bond donors (Lipinski definition) is 2. The molecule has 1 aliphatic rings. The number of hydrogen-bond acceptors (Lipinski definition) is 5. The lowest BCUT2D eigenvalue weighted by atomic mass is 9.84. The second-order valence-corrected chi connectivity index (χ2v) is 5.65. The van der Waals surface area contributed by atoms with Crippen LogP contribution >= 0.6 is 11.6 Å². The summed E-state index contributed by atoms with van der Waals surface area (Å²) in [5.41, 5.74) is 4.37. The number of hydrazine groups is 1. The highest BCUT2D eigenvalue weighted by molar-refractivity contribution is 6.31. The van der Waals surface area contributed by atoms with Gasteiger partial charge >= 0.3 is 0 Å². The van der Waals surface area contributed by atoms with Gasteiger partial charge in [-0.2, -0.15) is 5.10 Å². The van der Waals surface area contributed by atoms with Crippen LogP contribution in [-0.2, 0) is 22.9 Å². The van der Waals surface area contributed by atoms with E-state index in [9.17, 15) is 0 Å². The van der Waals surface area contributed by atoms with Crippen LogP contribution in [0.25, 0.3) is 0 Å². The third-order valence-electron chi connectivity index (χ3n) is 4.24. The van der Waals surface area contributed by atoms with Crippen LogP contribution in [0, 0.1) is 6.92 Å². The van der Waals surface area contributed by atoms with Crippen molar-refractivity contribution in [2.45, 2.75) is 37.8 Å². The Kier molecular flexibility index (Phi) is 5.04. The highest BCUT2D eigenvalue weighted by Gasteiger charge is 2.41. The van der Waals surface area contributed by atoms with E-state index in [0.29, 0.717) is 24.7 Å². The summed E-state index contributed by atoms with van der Waals surface area (Å²) < 4.78 is 13.0. The Morgan fingerprint density at radius 1 is 1.55 bits per heavy atom. The van der Waals surface area contributed by atoms with Crippen LogP contribution in [0.2, 0.25) is 5.02 Å². The molecule has 1 saturated heterocycles. The molecule has 0 radical (unpaired) electrons. The predicted octanol–water partition coefficient (Wildman–Crippen LogP) is 0.952. The molecule has 1 aromatic rings. The van der Waals surface area contributed by atoms with Gasteiger partial charge in [-0.25, -0.2) is 0 Å². The predicted molar refractivity (Wildman–Crippen MR) is 77.6 cm³/mol. The van der Waals surface area contributed by atoms with Gasteiger partial charge in [0.15, 0.2) is 0 Å². The van der Waals surface area contributed by atoms with E-state index in [4.69, 9.17) is 26.9 Å². The fraction of sp³-hybridized carbons (Fsp3) is 0.769. The van der Waals surface area contributed by atoms with E-state index in [0.717, 1.165) is 24.2 Å². The monoisotopic (exact) mass is 302 g/mol. The summed E-state index contributed by atoms with van der Waals surface area (Å²) in [6.45, 7) is 3.27. The van der Waals surface area contributed by atoms with Crippen molar-refractivity contribution in [2.75, 3.05) is 20.3 Å². The summed E-state index contributed by atoms with van der Waals surface area (Å²) >= 11 is 6.33. The molecule has 1 atom stereocenters. The molecule has 2 rings (SSSR count). The maximum atomic E-state index is 6.33. The third kappa shape index (κ3) is 2.84. The number of nitrogens with two attached hydrogens (primary N) is 1. The van der Waals surface area contributed by atoms with Gasteiger partial charge in [0.2, 0.25) is 0 Å². The molecule has 0 aromatic carbocycles. The Bertz CT molecular complexity index is 457. The highest BCUT2D eigenvalue weighted by Crippen LogP contribution is 2.31. The van der Waals surface area contributed by atoms with Crippen molar-refractivity contribution in [1.29, 1.82) is 0 Å². The average molecular weight is 303 g/mol. The molecule has 7 heteroatoms. The number of ether oxygens (including phenoxy) is 2. The highest BCUT2D eigenvalue weighted by atomic mass is 35.5. The van der Waals surface area contributed by atoms with E-state index in [1.807, 2.05) is 18.7 Å². The van der Waals surface area contributed by atoms with Gasteiger partial charge in [-0.1, -0.05) is 11.6 Å². The molecule has 2 heterocycles. The van der Waals surface area contributed by atoms with Crippen LogP contribution in [-0.4, -0.2) is 41.7 Å². The van der Waals surface area contributed by atoms with E-state index in [1.54, 1.807) is 7.11 Å². The molecular formula is C13H23ClN4O2. The second-order valence-electron chi connectivity index (χ2n) is 5.27. The fourth-order valence-electron chi connectivity index (χ4n) is 2.90. The Morgan fingerprint density at radius 2 is 2.20 bits per heavy atom. The van der Waals surface area contributed by atoms with E-state index in [1.165, 1.54) is 0 Å². The van der Waals surface area contributed by atoms with Gasteiger partial charge in [-0.3, -0.25) is 16.0 Å². The minimum absolute atomic E-state index is 0.0382. The molecule has 6 nitrogen and oxygen atoms in total.